The number of anilines is 1. The van der Waals surface area contributed by atoms with Gasteiger partial charge in [-0.1, -0.05) is 42.5 Å². The van der Waals surface area contributed by atoms with Gasteiger partial charge in [0.1, 0.15) is 5.75 Å². The van der Waals surface area contributed by atoms with Crippen LogP contribution in [-0.2, 0) is 0 Å². The van der Waals surface area contributed by atoms with Gasteiger partial charge in [0.05, 0.1) is 13.8 Å². The molecular weight excluding hydrogens is 310 g/mol. The Balaban J connectivity index is 1.66. The normalized spacial score (nSPS) is 17.8. The van der Waals surface area contributed by atoms with Crippen LogP contribution in [0.25, 0.3) is 5.57 Å². The molecule has 1 saturated heterocycles. The first kappa shape index (κ1) is 16.2. The third-order valence-corrected chi connectivity index (χ3v) is 5.03. The zero-order valence-electron chi connectivity index (χ0n) is 14.7. The van der Waals surface area contributed by atoms with Gasteiger partial charge in [-0.3, -0.25) is 4.90 Å². The van der Waals surface area contributed by atoms with E-state index in [1.807, 2.05) is 12.1 Å². The number of rotatable bonds is 4. The van der Waals surface area contributed by atoms with E-state index in [2.05, 4.69) is 57.6 Å². The zero-order valence-corrected chi connectivity index (χ0v) is 14.7. The van der Waals surface area contributed by atoms with Crippen LogP contribution in [0, 0.1) is 0 Å². The predicted molar refractivity (Wildman–Crippen MR) is 103 cm³/mol. The first-order valence-corrected chi connectivity index (χ1v) is 8.98. The lowest BCUT2D eigenvalue weighted by Gasteiger charge is -2.37. The van der Waals surface area contributed by atoms with Crippen LogP contribution in [0.15, 0.2) is 54.6 Å². The number of methoxy groups -OCH3 is 1. The standard InChI is InChI=1S/C21H25N3O/c1-25-21-9-5-3-7-19(21)17-10-13-24(16-23-14-11-22-12-15-23)20-8-4-2-6-18(17)20/h2-10,22H,11-16H2,1H3. The summed E-state index contributed by atoms with van der Waals surface area (Å²) < 4.78 is 5.59. The second-order valence-corrected chi connectivity index (χ2v) is 6.57. The SMILES string of the molecule is COc1ccccc1C1=CCN(CN2CCNCC2)c2ccccc21. The Bertz CT molecular complexity index is 765. The molecule has 2 aromatic rings. The second kappa shape index (κ2) is 7.30. The molecular formula is C21H25N3O. The summed E-state index contributed by atoms with van der Waals surface area (Å²) in [5.74, 6) is 0.930. The average Bonchev–Trinajstić information content (AvgIpc) is 2.69. The maximum Gasteiger partial charge on any atom is 0.126 e. The number of para-hydroxylation sites is 2. The lowest BCUT2D eigenvalue weighted by molar-refractivity contribution is 0.241. The lowest BCUT2D eigenvalue weighted by atomic mass is 9.92. The van der Waals surface area contributed by atoms with E-state index in [0.717, 1.165) is 45.1 Å². The number of hydrogen-bond donors (Lipinski definition) is 1. The highest BCUT2D eigenvalue weighted by Crippen LogP contribution is 2.38. The van der Waals surface area contributed by atoms with Crippen molar-refractivity contribution in [2.75, 3.05) is 51.4 Å². The summed E-state index contributed by atoms with van der Waals surface area (Å²) >= 11 is 0. The topological polar surface area (TPSA) is 27.7 Å². The summed E-state index contributed by atoms with van der Waals surface area (Å²) in [5, 5.41) is 3.43. The van der Waals surface area contributed by atoms with Gasteiger partial charge in [0, 0.05) is 49.5 Å². The van der Waals surface area contributed by atoms with Gasteiger partial charge in [0.15, 0.2) is 0 Å². The quantitative estimate of drug-likeness (QED) is 0.930. The van der Waals surface area contributed by atoms with E-state index >= 15 is 0 Å². The summed E-state index contributed by atoms with van der Waals surface area (Å²) in [7, 11) is 1.74. The number of piperazine rings is 1. The molecule has 0 amide bonds. The first-order chi connectivity index (χ1) is 12.4. The summed E-state index contributed by atoms with van der Waals surface area (Å²) in [4.78, 5) is 4.99. The molecule has 2 aromatic carbocycles. The van der Waals surface area contributed by atoms with Gasteiger partial charge in [-0.25, -0.2) is 0 Å². The summed E-state index contributed by atoms with van der Waals surface area (Å²) in [6.07, 6.45) is 2.34. The van der Waals surface area contributed by atoms with E-state index in [0.29, 0.717) is 0 Å². The summed E-state index contributed by atoms with van der Waals surface area (Å²) in [5.41, 5.74) is 5.03. The first-order valence-electron chi connectivity index (χ1n) is 8.98. The Morgan fingerprint density at radius 3 is 2.48 bits per heavy atom. The molecule has 25 heavy (non-hydrogen) atoms. The van der Waals surface area contributed by atoms with Crippen LogP contribution in [0.5, 0.6) is 5.75 Å². The predicted octanol–water partition coefficient (Wildman–Crippen LogP) is 2.81. The van der Waals surface area contributed by atoms with Crippen molar-refractivity contribution in [2.45, 2.75) is 0 Å². The van der Waals surface area contributed by atoms with Gasteiger partial charge < -0.3 is 15.0 Å². The number of hydrogen-bond acceptors (Lipinski definition) is 4. The van der Waals surface area contributed by atoms with Gasteiger partial charge in [0.25, 0.3) is 0 Å². The lowest BCUT2D eigenvalue weighted by Crippen LogP contribution is -2.48. The minimum atomic E-state index is 0.925. The molecule has 1 N–H and O–H groups in total. The van der Waals surface area contributed by atoms with E-state index in [-0.39, 0.29) is 0 Å². The highest BCUT2D eigenvalue weighted by molar-refractivity contribution is 5.90. The summed E-state index contributed by atoms with van der Waals surface area (Å²) in [6.45, 7) is 6.29. The Kier molecular flexibility index (Phi) is 4.72. The van der Waals surface area contributed by atoms with E-state index in [1.165, 1.54) is 22.4 Å². The number of benzene rings is 2. The van der Waals surface area contributed by atoms with Crippen LogP contribution in [0.4, 0.5) is 5.69 Å². The molecule has 1 fully saturated rings. The molecule has 2 aliphatic heterocycles. The minimum absolute atomic E-state index is 0.925. The molecule has 0 unspecified atom stereocenters. The van der Waals surface area contributed by atoms with Crippen LogP contribution in [0.1, 0.15) is 11.1 Å². The molecule has 0 saturated carbocycles. The maximum absolute atomic E-state index is 5.59. The Morgan fingerprint density at radius 1 is 0.960 bits per heavy atom. The molecule has 0 spiro atoms. The fourth-order valence-electron chi connectivity index (χ4n) is 3.74. The third-order valence-electron chi connectivity index (χ3n) is 5.03. The Morgan fingerprint density at radius 2 is 1.68 bits per heavy atom. The molecule has 4 nitrogen and oxygen atoms in total. The van der Waals surface area contributed by atoms with E-state index in [4.69, 9.17) is 4.74 Å². The van der Waals surface area contributed by atoms with Gasteiger partial charge in [0.2, 0.25) is 0 Å². The third kappa shape index (κ3) is 3.28. The fraction of sp³-hybridized carbons (Fsp3) is 0.333. The van der Waals surface area contributed by atoms with Crippen molar-refractivity contribution in [3.05, 3.63) is 65.7 Å². The van der Waals surface area contributed by atoms with Gasteiger partial charge in [-0.15, -0.1) is 0 Å². The highest BCUT2D eigenvalue weighted by atomic mass is 16.5. The van der Waals surface area contributed by atoms with E-state index < -0.39 is 0 Å². The van der Waals surface area contributed by atoms with Crippen molar-refractivity contribution in [3.8, 4) is 5.75 Å². The molecule has 130 valence electrons. The van der Waals surface area contributed by atoms with Crippen molar-refractivity contribution in [1.29, 1.82) is 0 Å². The van der Waals surface area contributed by atoms with Crippen molar-refractivity contribution >= 4 is 11.3 Å². The maximum atomic E-state index is 5.59. The number of fused-ring (bicyclic) bond motifs is 1. The van der Waals surface area contributed by atoms with Crippen LogP contribution in [0.3, 0.4) is 0 Å². The molecule has 4 heteroatoms. The van der Waals surface area contributed by atoms with Crippen LogP contribution >= 0.6 is 0 Å². The van der Waals surface area contributed by atoms with Gasteiger partial charge in [-0.2, -0.15) is 0 Å². The number of nitrogens with zero attached hydrogens (tertiary/aromatic N) is 2. The minimum Gasteiger partial charge on any atom is -0.496 e. The molecule has 0 aromatic heterocycles. The van der Waals surface area contributed by atoms with Crippen LogP contribution < -0.4 is 15.0 Å². The Labute approximate surface area is 149 Å². The number of ether oxygens (including phenoxy) is 1. The molecule has 0 radical (unpaired) electrons. The van der Waals surface area contributed by atoms with E-state index in [9.17, 15) is 0 Å². The second-order valence-electron chi connectivity index (χ2n) is 6.57. The smallest absolute Gasteiger partial charge is 0.126 e. The average molecular weight is 335 g/mol. The van der Waals surface area contributed by atoms with Gasteiger partial charge >= 0.3 is 0 Å². The molecule has 2 aliphatic rings. The van der Waals surface area contributed by atoms with Gasteiger partial charge in [-0.05, 0) is 17.7 Å². The van der Waals surface area contributed by atoms with E-state index in [1.54, 1.807) is 7.11 Å². The van der Waals surface area contributed by atoms with Crippen LogP contribution in [0.2, 0.25) is 0 Å². The van der Waals surface area contributed by atoms with Crippen LogP contribution in [-0.4, -0.2) is 51.4 Å². The van der Waals surface area contributed by atoms with Crippen molar-refractivity contribution in [1.82, 2.24) is 10.2 Å². The largest absolute Gasteiger partial charge is 0.496 e. The molecule has 4 rings (SSSR count). The fourth-order valence-corrected chi connectivity index (χ4v) is 3.74. The highest BCUT2D eigenvalue weighted by Gasteiger charge is 2.23. The monoisotopic (exact) mass is 335 g/mol. The number of nitrogens with one attached hydrogen (secondary N) is 1. The molecule has 2 heterocycles. The molecule has 0 atom stereocenters. The van der Waals surface area contributed by atoms with Crippen molar-refractivity contribution in [2.24, 2.45) is 0 Å². The Hall–Kier alpha value is -2.30. The molecule has 0 bridgehead atoms. The summed E-state index contributed by atoms with van der Waals surface area (Å²) in [6, 6.07) is 17.0. The van der Waals surface area contributed by atoms with Crippen molar-refractivity contribution in [3.63, 3.8) is 0 Å². The molecule has 0 aliphatic carbocycles. The van der Waals surface area contributed by atoms with Crippen molar-refractivity contribution < 1.29 is 4.74 Å². The zero-order chi connectivity index (χ0) is 17.1.